The maximum absolute atomic E-state index is 13.7. The van der Waals surface area contributed by atoms with E-state index in [4.69, 9.17) is 4.74 Å². The van der Waals surface area contributed by atoms with Gasteiger partial charge in [0.25, 0.3) is 0 Å². The van der Waals surface area contributed by atoms with Crippen LogP contribution in [0.25, 0.3) is 0 Å². The predicted molar refractivity (Wildman–Crippen MR) is 65.0 cm³/mol. The Hall–Kier alpha value is -2.11. The van der Waals surface area contributed by atoms with Gasteiger partial charge in [0, 0.05) is 5.56 Å². The molecule has 1 fully saturated rings. The van der Waals surface area contributed by atoms with Crippen molar-refractivity contribution in [1.29, 1.82) is 0 Å². The molecule has 6 heteroatoms. The summed E-state index contributed by atoms with van der Waals surface area (Å²) in [5, 5.41) is 11.9. The van der Waals surface area contributed by atoms with E-state index in [0.717, 1.165) is 0 Å². The molecule has 1 amide bonds. The van der Waals surface area contributed by atoms with Gasteiger partial charge in [-0.25, -0.2) is 9.18 Å². The number of rotatable bonds is 4. The first-order chi connectivity index (χ1) is 8.95. The van der Waals surface area contributed by atoms with Crippen molar-refractivity contribution in [2.24, 2.45) is 0 Å². The largest absolute Gasteiger partial charge is 0.496 e. The number of nitrogens with one attached hydrogen (secondary N) is 1. The molecule has 0 radical (unpaired) electrons. The van der Waals surface area contributed by atoms with E-state index in [0.29, 0.717) is 5.56 Å². The SMILES string of the molecule is COc1ccc(C2CC(=O)N2)c(C(=O)O)c1[C@@H](C)F. The van der Waals surface area contributed by atoms with Gasteiger partial charge in [-0.1, -0.05) is 6.07 Å². The van der Waals surface area contributed by atoms with Crippen LogP contribution in [0.2, 0.25) is 0 Å². The van der Waals surface area contributed by atoms with Gasteiger partial charge in [-0.05, 0) is 18.6 Å². The van der Waals surface area contributed by atoms with Crippen molar-refractivity contribution in [2.45, 2.75) is 25.6 Å². The molecule has 19 heavy (non-hydrogen) atoms. The van der Waals surface area contributed by atoms with Gasteiger partial charge in [-0.15, -0.1) is 0 Å². The number of methoxy groups -OCH3 is 1. The molecule has 2 atom stereocenters. The first-order valence-corrected chi connectivity index (χ1v) is 5.83. The van der Waals surface area contributed by atoms with E-state index in [1.165, 1.54) is 20.1 Å². The molecule has 0 bridgehead atoms. The molecule has 1 unspecified atom stereocenters. The average molecular weight is 267 g/mol. The second kappa shape index (κ2) is 4.87. The molecule has 102 valence electrons. The lowest BCUT2D eigenvalue weighted by Gasteiger charge is -2.29. The van der Waals surface area contributed by atoms with Crippen LogP contribution >= 0.6 is 0 Å². The van der Waals surface area contributed by atoms with E-state index in [-0.39, 0.29) is 35.2 Å². The molecule has 0 saturated carbocycles. The summed E-state index contributed by atoms with van der Waals surface area (Å²) in [5.41, 5.74) is 0.292. The number of amides is 1. The normalized spacial score (nSPS) is 19.3. The van der Waals surface area contributed by atoms with Crippen LogP contribution in [0.4, 0.5) is 4.39 Å². The molecular formula is C13H14FNO4. The molecule has 2 rings (SSSR count). The minimum absolute atomic E-state index is 0.00801. The molecule has 1 aromatic rings. The Kier molecular flexibility index (Phi) is 3.42. The molecule has 2 N–H and O–H groups in total. The van der Waals surface area contributed by atoms with Crippen LogP contribution in [-0.2, 0) is 4.79 Å². The number of hydrogen-bond donors (Lipinski definition) is 2. The van der Waals surface area contributed by atoms with Crippen molar-refractivity contribution in [3.63, 3.8) is 0 Å². The fourth-order valence-corrected chi connectivity index (χ4v) is 2.27. The van der Waals surface area contributed by atoms with Crippen LogP contribution in [0.3, 0.4) is 0 Å². The summed E-state index contributed by atoms with van der Waals surface area (Å²) >= 11 is 0. The van der Waals surface area contributed by atoms with E-state index in [1.54, 1.807) is 6.07 Å². The first-order valence-electron chi connectivity index (χ1n) is 5.83. The summed E-state index contributed by atoms with van der Waals surface area (Å²) in [6, 6.07) is 2.71. The maximum Gasteiger partial charge on any atom is 0.336 e. The maximum atomic E-state index is 13.7. The Morgan fingerprint density at radius 3 is 2.63 bits per heavy atom. The highest BCUT2D eigenvalue weighted by atomic mass is 19.1. The number of hydrogen-bond acceptors (Lipinski definition) is 3. The van der Waals surface area contributed by atoms with Gasteiger partial charge in [0.05, 0.1) is 25.1 Å². The summed E-state index contributed by atoms with van der Waals surface area (Å²) in [5.74, 6) is -1.18. The molecule has 0 aliphatic carbocycles. The number of carbonyl (C=O) groups excluding carboxylic acids is 1. The van der Waals surface area contributed by atoms with Gasteiger partial charge < -0.3 is 15.2 Å². The quantitative estimate of drug-likeness (QED) is 0.818. The van der Waals surface area contributed by atoms with Gasteiger partial charge in [0.2, 0.25) is 5.91 Å². The van der Waals surface area contributed by atoms with Crippen LogP contribution in [0.15, 0.2) is 12.1 Å². The monoisotopic (exact) mass is 267 g/mol. The zero-order valence-corrected chi connectivity index (χ0v) is 10.6. The van der Waals surface area contributed by atoms with Gasteiger partial charge in [0.15, 0.2) is 0 Å². The molecular weight excluding hydrogens is 253 g/mol. The number of aromatic carboxylic acids is 1. The van der Waals surface area contributed by atoms with Gasteiger partial charge in [0.1, 0.15) is 11.9 Å². The number of alkyl halides is 1. The molecule has 1 saturated heterocycles. The van der Waals surface area contributed by atoms with Crippen molar-refractivity contribution in [2.75, 3.05) is 7.11 Å². The van der Waals surface area contributed by atoms with E-state index >= 15 is 0 Å². The predicted octanol–water partition coefficient (Wildman–Crippen LogP) is 1.98. The van der Waals surface area contributed by atoms with Crippen LogP contribution in [-0.4, -0.2) is 24.1 Å². The van der Waals surface area contributed by atoms with E-state index in [1.807, 2.05) is 0 Å². The van der Waals surface area contributed by atoms with E-state index < -0.39 is 12.1 Å². The Labute approximate surface area is 109 Å². The Balaban J connectivity index is 2.58. The summed E-state index contributed by atoms with van der Waals surface area (Å²) in [6.45, 7) is 1.26. The fraction of sp³-hybridized carbons (Fsp3) is 0.385. The second-order valence-electron chi connectivity index (χ2n) is 4.39. The van der Waals surface area contributed by atoms with Gasteiger partial charge >= 0.3 is 5.97 Å². The van der Waals surface area contributed by atoms with E-state index in [2.05, 4.69) is 5.32 Å². The summed E-state index contributed by atoms with van der Waals surface area (Å²) in [7, 11) is 1.36. The smallest absolute Gasteiger partial charge is 0.336 e. The Morgan fingerprint density at radius 2 is 2.21 bits per heavy atom. The van der Waals surface area contributed by atoms with E-state index in [9.17, 15) is 19.1 Å². The molecule has 1 heterocycles. The number of ether oxygens (including phenoxy) is 1. The lowest BCUT2D eigenvalue weighted by atomic mass is 9.88. The lowest BCUT2D eigenvalue weighted by molar-refractivity contribution is -0.128. The minimum atomic E-state index is -1.48. The van der Waals surface area contributed by atoms with Gasteiger partial charge in [-0.2, -0.15) is 0 Å². The van der Waals surface area contributed by atoms with Crippen LogP contribution in [0.1, 0.15) is 47.0 Å². The second-order valence-corrected chi connectivity index (χ2v) is 4.39. The average Bonchev–Trinajstić information content (AvgIpc) is 2.32. The number of carboxylic acid groups (broad SMARTS) is 1. The highest BCUT2D eigenvalue weighted by Gasteiger charge is 2.33. The molecule has 1 aliphatic rings. The first kappa shape index (κ1) is 13.3. The molecule has 5 nitrogen and oxygen atoms in total. The summed E-state index contributed by atoms with van der Waals surface area (Å²) in [4.78, 5) is 22.4. The third kappa shape index (κ3) is 2.25. The molecule has 1 aliphatic heterocycles. The zero-order chi connectivity index (χ0) is 14.2. The third-order valence-electron chi connectivity index (χ3n) is 3.17. The topological polar surface area (TPSA) is 75.6 Å². The number of β-lactam (4-membered cyclic amide) rings is 1. The summed E-state index contributed by atoms with van der Waals surface area (Å²) in [6.07, 6.45) is -1.26. The van der Waals surface area contributed by atoms with Crippen molar-refractivity contribution in [1.82, 2.24) is 5.32 Å². The van der Waals surface area contributed by atoms with Crippen LogP contribution in [0, 0.1) is 0 Å². The van der Waals surface area contributed by atoms with Crippen LogP contribution in [0.5, 0.6) is 5.75 Å². The standard InChI is InChI=1S/C13H14FNO4/c1-6(14)11-9(19-2)4-3-7(12(11)13(17)18)8-5-10(16)15-8/h3-4,6,8H,5H2,1-2H3,(H,15,16)(H,17,18)/t6-,8?/m1/s1. The molecule has 0 aromatic heterocycles. The highest BCUT2D eigenvalue weighted by molar-refractivity contribution is 5.94. The Bertz CT molecular complexity index is 534. The zero-order valence-electron chi connectivity index (χ0n) is 10.6. The lowest BCUT2D eigenvalue weighted by Crippen LogP contribution is -2.42. The fourth-order valence-electron chi connectivity index (χ4n) is 2.27. The summed E-state index contributed by atoms with van der Waals surface area (Å²) < 4.78 is 18.7. The van der Waals surface area contributed by atoms with Crippen molar-refractivity contribution < 1.29 is 23.8 Å². The van der Waals surface area contributed by atoms with Crippen molar-refractivity contribution in [3.8, 4) is 5.75 Å². The Morgan fingerprint density at radius 1 is 1.58 bits per heavy atom. The van der Waals surface area contributed by atoms with Gasteiger partial charge in [-0.3, -0.25) is 4.79 Å². The number of carbonyl (C=O) groups is 2. The minimum Gasteiger partial charge on any atom is -0.496 e. The third-order valence-corrected chi connectivity index (χ3v) is 3.17. The number of carboxylic acids is 1. The molecule has 1 aromatic carbocycles. The van der Waals surface area contributed by atoms with Crippen molar-refractivity contribution >= 4 is 11.9 Å². The van der Waals surface area contributed by atoms with Crippen molar-refractivity contribution in [3.05, 3.63) is 28.8 Å². The number of benzene rings is 1. The van der Waals surface area contributed by atoms with Crippen LogP contribution < -0.4 is 10.1 Å². The highest BCUT2D eigenvalue weighted by Crippen LogP contribution is 2.37. The molecule has 0 spiro atoms. The number of halogens is 1.